The summed E-state index contributed by atoms with van der Waals surface area (Å²) < 4.78 is 0.599. The summed E-state index contributed by atoms with van der Waals surface area (Å²) in [5, 5.41) is 14.0. The molecule has 16 heavy (non-hydrogen) atoms. The fourth-order valence-corrected chi connectivity index (χ4v) is 2.06. The van der Waals surface area contributed by atoms with E-state index in [2.05, 4.69) is 21.2 Å². The van der Waals surface area contributed by atoms with Crippen LogP contribution < -0.4 is 5.32 Å². The van der Waals surface area contributed by atoms with Crippen LogP contribution in [-0.4, -0.2) is 11.0 Å². The highest BCUT2D eigenvalue weighted by Crippen LogP contribution is 2.27. The summed E-state index contributed by atoms with van der Waals surface area (Å²) in [5.41, 5.74) is 0.569. The van der Waals surface area contributed by atoms with E-state index >= 15 is 0 Å². The van der Waals surface area contributed by atoms with Crippen LogP contribution in [-0.2, 0) is 0 Å². The molecule has 0 fully saturated rings. The molecule has 82 valence electrons. The molecule has 0 saturated heterocycles. The number of carbonyl (C=O) groups excluding carboxylic acids is 1. The zero-order valence-electron chi connectivity index (χ0n) is 8.11. The molecule has 1 amide bonds. The minimum Gasteiger partial charge on any atom is -0.507 e. The van der Waals surface area contributed by atoms with E-state index < -0.39 is 0 Å². The predicted octanol–water partition coefficient (Wildman–Crippen LogP) is 3.47. The van der Waals surface area contributed by atoms with Crippen molar-refractivity contribution in [2.45, 2.75) is 0 Å². The summed E-state index contributed by atoms with van der Waals surface area (Å²) in [6.45, 7) is 0. The van der Waals surface area contributed by atoms with Crippen molar-refractivity contribution < 1.29 is 9.90 Å². The maximum absolute atomic E-state index is 11.7. The summed E-state index contributed by atoms with van der Waals surface area (Å²) >= 11 is 4.55. The highest BCUT2D eigenvalue weighted by molar-refractivity contribution is 9.10. The van der Waals surface area contributed by atoms with Crippen molar-refractivity contribution in [3.63, 3.8) is 0 Å². The smallest absolute Gasteiger partial charge is 0.265 e. The molecule has 2 aromatic rings. The standard InChI is InChI=1S/C11H8BrNO2S/c12-8-4-3-7(6-9(8)14)13-11(15)10-2-1-5-16-10/h1-6,14H,(H,13,15). The van der Waals surface area contributed by atoms with E-state index in [1.165, 1.54) is 17.4 Å². The van der Waals surface area contributed by atoms with E-state index in [0.29, 0.717) is 15.0 Å². The Morgan fingerprint density at radius 3 is 2.81 bits per heavy atom. The topological polar surface area (TPSA) is 49.3 Å². The second kappa shape index (κ2) is 4.67. The molecule has 1 aromatic carbocycles. The summed E-state index contributed by atoms with van der Waals surface area (Å²) in [5.74, 6) is -0.0688. The van der Waals surface area contributed by atoms with E-state index in [-0.39, 0.29) is 11.7 Å². The predicted molar refractivity (Wildman–Crippen MR) is 68.1 cm³/mol. The van der Waals surface area contributed by atoms with E-state index in [1.807, 2.05) is 11.4 Å². The Balaban J connectivity index is 2.15. The van der Waals surface area contributed by atoms with Gasteiger partial charge in [-0.15, -0.1) is 11.3 Å². The lowest BCUT2D eigenvalue weighted by Crippen LogP contribution is -2.09. The summed E-state index contributed by atoms with van der Waals surface area (Å²) in [6.07, 6.45) is 0. The largest absolute Gasteiger partial charge is 0.507 e. The Morgan fingerprint density at radius 1 is 1.38 bits per heavy atom. The molecule has 0 bridgehead atoms. The van der Waals surface area contributed by atoms with Crippen molar-refractivity contribution in [1.82, 2.24) is 0 Å². The second-order valence-electron chi connectivity index (χ2n) is 3.10. The third kappa shape index (κ3) is 2.43. The zero-order chi connectivity index (χ0) is 11.5. The van der Waals surface area contributed by atoms with Gasteiger partial charge in [0.2, 0.25) is 0 Å². The first-order valence-electron chi connectivity index (χ1n) is 4.50. The van der Waals surface area contributed by atoms with Crippen LogP contribution in [0.4, 0.5) is 5.69 Å². The van der Waals surface area contributed by atoms with Crippen LogP contribution in [0.5, 0.6) is 5.75 Å². The number of nitrogens with one attached hydrogen (secondary N) is 1. The summed E-state index contributed by atoms with van der Waals surface area (Å²) in [7, 11) is 0. The van der Waals surface area contributed by atoms with Crippen molar-refractivity contribution in [2.75, 3.05) is 5.32 Å². The van der Waals surface area contributed by atoms with Crippen molar-refractivity contribution >= 4 is 38.9 Å². The van der Waals surface area contributed by atoms with Gasteiger partial charge in [-0.1, -0.05) is 6.07 Å². The van der Waals surface area contributed by atoms with Crippen molar-refractivity contribution in [3.05, 3.63) is 45.1 Å². The van der Waals surface area contributed by atoms with Gasteiger partial charge in [-0.3, -0.25) is 4.79 Å². The molecule has 0 atom stereocenters. The third-order valence-electron chi connectivity index (χ3n) is 1.95. The second-order valence-corrected chi connectivity index (χ2v) is 4.90. The SMILES string of the molecule is O=C(Nc1ccc(Br)c(O)c1)c1cccs1. The number of aromatic hydroxyl groups is 1. The number of phenols is 1. The maximum atomic E-state index is 11.7. The number of rotatable bonds is 2. The molecule has 1 heterocycles. The highest BCUT2D eigenvalue weighted by atomic mass is 79.9. The van der Waals surface area contributed by atoms with Crippen LogP contribution in [0, 0.1) is 0 Å². The van der Waals surface area contributed by atoms with Gasteiger partial charge in [-0.25, -0.2) is 0 Å². The Hall–Kier alpha value is -1.33. The normalized spacial score (nSPS) is 10.1. The first-order valence-corrected chi connectivity index (χ1v) is 6.17. The van der Waals surface area contributed by atoms with Crippen molar-refractivity contribution in [1.29, 1.82) is 0 Å². The van der Waals surface area contributed by atoms with Crippen LogP contribution in [0.1, 0.15) is 9.67 Å². The number of halogens is 1. The fraction of sp³-hybridized carbons (Fsp3) is 0. The lowest BCUT2D eigenvalue weighted by molar-refractivity contribution is 0.103. The first-order chi connectivity index (χ1) is 7.66. The number of anilines is 1. The minimum absolute atomic E-state index is 0.101. The Kier molecular flexibility index (Phi) is 3.26. The van der Waals surface area contributed by atoms with Gasteiger partial charge in [0.05, 0.1) is 9.35 Å². The summed E-state index contributed by atoms with van der Waals surface area (Å²) in [6, 6.07) is 8.46. The van der Waals surface area contributed by atoms with E-state index in [9.17, 15) is 9.90 Å². The third-order valence-corrected chi connectivity index (χ3v) is 3.49. The van der Waals surface area contributed by atoms with Gasteiger partial charge in [0.1, 0.15) is 5.75 Å². The molecule has 0 saturated carbocycles. The Labute approximate surface area is 105 Å². The van der Waals surface area contributed by atoms with Gasteiger partial charge in [-0.2, -0.15) is 0 Å². The monoisotopic (exact) mass is 297 g/mol. The molecule has 5 heteroatoms. The lowest BCUT2D eigenvalue weighted by Gasteiger charge is -2.04. The number of carbonyl (C=O) groups is 1. The van der Waals surface area contributed by atoms with Gasteiger partial charge in [0, 0.05) is 11.8 Å². The van der Waals surface area contributed by atoms with E-state index in [1.54, 1.807) is 18.2 Å². The van der Waals surface area contributed by atoms with Gasteiger partial charge in [0.25, 0.3) is 5.91 Å². The van der Waals surface area contributed by atoms with E-state index in [4.69, 9.17) is 0 Å². The minimum atomic E-state index is -0.170. The number of phenolic OH excluding ortho intramolecular Hbond substituents is 1. The van der Waals surface area contributed by atoms with Gasteiger partial charge in [-0.05, 0) is 39.5 Å². The van der Waals surface area contributed by atoms with Crippen LogP contribution >= 0.6 is 27.3 Å². The number of amides is 1. The molecular weight excluding hydrogens is 290 g/mol. The molecule has 2 N–H and O–H groups in total. The van der Waals surface area contributed by atoms with Crippen LogP contribution in [0.2, 0.25) is 0 Å². The Bertz CT molecular complexity index is 511. The van der Waals surface area contributed by atoms with Crippen LogP contribution in [0.3, 0.4) is 0 Å². The molecule has 0 aliphatic heterocycles. The molecule has 0 aliphatic carbocycles. The maximum Gasteiger partial charge on any atom is 0.265 e. The van der Waals surface area contributed by atoms with Crippen molar-refractivity contribution in [3.8, 4) is 5.75 Å². The van der Waals surface area contributed by atoms with Gasteiger partial charge in [0.15, 0.2) is 0 Å². The molecule has 0 unspecified atom stereocenters. The van der Waals surface area contributed by atoms with Crippen molar-refractivity contribution in [2.24, 2.45) is 0 Å². The highest BCUT2D eigenvalue weighted by Gasteiger charge is 2.07. The molecule has 0 spiro atoms. The lowest BCUT2D eigenvalue weighted by atomic mass is 10.3. The quantitative estimate of drug-likeness (QED) is 0.892. The van der Waals surface area contributed by atoms with Crippen LogP contribution in [0.15, 0.2) is 40.2 Å². The van der Waals surface area contributed by atoms with Gasteiger partial charge < -0.3 is 10.4 Å². The number of thiophene rings is 1. The molecular formula is C11H8BrNO2S. The Morgan fingerprint density at radius 2 is 2.19 bits per heavy atom. The average Bonchev–Trinajstić information content (AvgIpc) is 2.77. The summed E-state index contributed by atoms with van der Waals surface area (Å²) in [4.78, 5) is 12.3. The number of hydrogen-bond donors (Lipinski definition) is 2. The fourth-order valence-electron chi connectivity index (χ4n) is 1.19. The zero-order valence-corrected chi connectivity index (χ0v) is 10.5. The number of hydrogen-bond acceptors (Lipinski definition) is 3. The molecule has 3 nitrogen and oxygen atoms in total. The molecule has 1 aromatic heterocycles. The molecule has 2 rings (SSSR count). The first kappa shape index (κ1) is 11.2. The molecule has 0 aliphatic rings. The van der Waals surface area contributed by atoms with Crippen LogP contribution in [0.25, 0.3) is 0 Å². The average molecular weight is 298 g/mol. The van der Waals surface area contributed by atoms with Gasteiger partial charge >= 0.3 is 0 Å². The number of benzene rings is 1. The van der Waals surface area contributed by atoms with E-state index in [0.717, 1.165) is 0 Å². The molecule has 0 radical (unpaired) electrons.